The summed E-state index contributed by atoms with van der Waals surface area (Å²) in [6.45, 7) is 7.46. The lowest BCUT2D eigenvalue weighted by Crippen LogP contribution is -2.11. The number of hydrogen-bond acceptors (Lipinski definition) is 6. The van der Waals surface area contributed by atoms with Crippen LogP contribution in [0.25, 0.3) is 22.7 Å². The molecular weight excluding hydrogens is 396 g/mol. The minimum Gasteiger partial charge on any atom is -0.451 e. The predicted octanol–water partition coefficient (Wildman–Crippen LogP) is 3.83. The number of H-pyrrole nitrogens is 1. The Balaban J connectivity index is 1.59. The van der Waals surface area contributed by atoms with Crippen LogP contribution in [0.4, 0.5) is 5.69 Å². The molecule has 4 aromatic heterocycles. The smallest absolute Gasteiger partial charge is 0.291 e. The third-order valence-corrected chi connectivity index (χ3v) is 4.79. The van der Waals surface area contributed by atoms with Crippen LogP contribution in [0.3, 0.4) is 0 Å². The molecule has 0 atom stereocenters. The van der Waals surface area contributed by atoms with Crippen LogP contribution in [0.1, 0.15) is 28.9 Å². The molecule has 0 aliphatic carbocycles. The zero-order valence-electron chi connectivity index (χ0n) is 17.7. The van der Waals surface area contributed by atoms with Crippen LogP contribution >= 0.6 is 0 Å². The van der Waals surface area contributed by atoms with E-state index in [-0.39, 0.29) is 11.7 Å². The van der Waals surface area contributed by atoms with Crippen molar-refractivity contribution in [3.63, 3.8) is 0 Å². The number of ether oxygens (including phenoxy) is 1. The molecule has 4 rings (SSSR count). The van der Waals surface area contributed by atoms with E-state index in [1.165, 1.54) is 0 Å². The van der Waals surface area contributed by atoms with Gasteiger partial charge in [-0.25, -0.2) is 0 Å². The first-order chi connectivity index (χ1) is 15.1. The van der Waals surface area contributed by atoms with Crippen molar-refractivity contribution in [2.24, 2.45) is 0 Å². The first-order valence-corrected chi connectivity index (χ1v) is 10.1. The number of hydrogen-bond donors (Lipinski definition) is 2. The molecule has 0 aromatic carbocycles. The molecule has 0 aliphatic heterocycles. The Morgan fingerprint density at radius 2 is 2.13 bits per heavy atom. The van der Waals surface area contributed by atoms with Gasteiger partial charge in [0.25, 0.3) is 5.91 Å². The topological polar surface area (TPSA) is 111 Å². The van der Waals surface area contributed by atoms with Gasteiger partial charge >= 0.3 is 0 Å². The predicted molar refractivity (Wildman–Crippen MR) is 116 cm³/mol. The zero-order chi connectivity index (χ0) is 21.8. The quantitative estimate of drug-likeness (QED) is 0.419. The van der Waals surface area contributed by atoms with E-state index >= 15 is 0 Å². The molecular formula is C22H24N6O3. The lowest BCUT2D eigenvalue weighted by Gasteiger charge is -2.03. The standard InChI is InChI=1S/C22H24N6O3/c1-4-30-12-11-28-13-17(21(27-28)16-7-5-6-10-23-16)24-22(29)19-9-8-18(31-19)20-14(2)25-26-15(20)3/h5-10,13H,4,11-12H2,1-3H3,(H,24,29)(H,25,26). The third kappa shape index (κ3) is 4.41. The molecule has 1 amide bonds. The van der Waals surface area contributed by atoms with Crippen molar-refractivity contribution in [3.8, 4) is 22.7 Å². The van der Waals surface area contributed by atoms with Crippen LogP contribution in [0.15, 0.2) is 47.1 Å². The molecule has 0 aliphatic rings. The van der Waals surface area contributed by atoms with E-state index in [4.69, 9.17) is 9.15 Å². The Kier molecular flexibility index (Phi) is 5.94. The number of anilines is 1. The number of carbonyl (C=O) groups excluding carboxylic acids is 1. The fraction of sp³-hybridized carbons (Fsp3) is 0.273. The molecule has 0 saturated heterocycles. The van der Waals surface area contributed by atoms with E-state index in [0.29, 0.717) is 42.6 Å². The molecule has 9 heteroatoms. The number of aromatic amines is 1. The molecule has 0 bridgehead atoms. The Hall–Kier alpha value is -3.72. The third-order valence-electron chi connectivity index (χ3n) is 4.79. The SMILES string of the molecule is CCOCCn1cc(NC(=O)c2ccc(-c3c(C)n[nH]c3C)o2)c(-c2ccccn2)n1. The molecule has 160 valence electrons. The lowest BCUT2D eigenvalue weighted by atomic mass is 10.1. The van der Waals surface area contributed by atoms with Crippen LogP contribution in [-0.2, 0) is 11.3 Å². The normalized spacial score (nSPS) is 11.1. The summed E-state index contributed by atoms with van der Waals surface area (Å²) >= 11 is 0. The van der Waals surface area contributed by atoms with Gasteiger partial charge in [0.2, 0.25) is 0 Å². The second-order valence-electron chi connectivity index (χ2n) is 6.99. The first kappa shape index (κ1) is 20.5. The first-order valence-electron chi connectivity index (χ1n) is 10.1. The van der Waals surface area contributed by atoms with Crippen molar-refractivity contribution in [2.45, 2.75) is 27.3 Å². The fourth-order valence-corrected chi connectivity index (χ4v) is 3.31. The van der Waals surface area contributed by atoms with E-state index in [9.17, 15) is 4.79 Å². The molecule has 2 N–H and O–H groups in total. The summed E-state index contributed by atoms with van der Waals surface area (Å²) in [5.74, 6) is 0.418. The van der Waals surface area contributed by atoms with Crippen LogP contribution < -0.4 is 5.32 Å². The molecule has 31 heavy (non-hydrogen) atoms. The summed E-state index contributed by atoms with van der Waals surface area (Å²) in [7, 11) is 0. The van der Waals surface area contributed by atoms with Gasteiger partial charge in [-0.1, -0.05) is 6.07 Å². The van der Waals surface area contributed by atoms with E-state index in [0.717, 1.165) is 17.0 Å². The number of furan rings is 1. The van der Waals surface area contributed by atoms with E-state index in [2.05, 4.69) is 25.6 Å². The number of aromatic nitrogens is 5. The molecule has 0 fully saturated rings. The summed E-state index contributed by atoms with van der Waals surface area (Å²) in [4.78, 5) is 17.3. The van der Waals surface area contributed by atoms with Gasteiger partial charge in [-0.15, -0.1) is 0 Å². The minimum atomic E-state index is -0.369. The number of carbonyl (C=O) groups is 1. The second-order valence-corrected chi connectivity index (χ2v) is 6.99. The van der Waals surface area contributed by atoms with Crippen molar-refractivity contribution in [1.82, 2.24) is 25.0 Å². The van der Waals surface area contributed by atoms with Gasteiger partial charge in [-0.05, 0) is 45.0 Å². The summed E-state index contributed by atoms with van der Waals surface area (Å²) in [5.41, 5.74) is 4.35. The van der Waals surface area contributed by atoms with Gasteiger partial charge < -0.3 is 14.5 Å². The highest BCUT2D eigenvalue weighted by atomic mass is 16.5. The second kappa shape index (κ2) is 8.97. The van der Waals surface area contributed by atoms with Gasteiger partial charge in [-0.3, -0.25) is 19.6 Å². The van der Waals surface area contributed by atoms with Crippen molar-refractivity contribution >= 4 is 11.6 Å². The Bertz CT molecular complexity index is 1160. The molecule has 9 nitrogen and oxygen atoms in total. The molecule has 0 spiro atoms. The van der Waals surface area contributed by atoms with Crippen LogP contribution in [-0.4, -0.2) is 44.1 Å². The monoisotopic (exact) mass is 420 g/mol. The molecule has 4 heterocycles. The number of rotatable bonds is 8. The number of nitrogens with one attached hydrogen (secondary N) is 2. The summed E-state index contributed by atoms with van der Waals surface area (Å²) in [5, 5.41) is 14.6. The molecule has 0 saturated carbocycles. The Morgan fingerprint density at radius 1 is 1.26 bits per heavy atom. The maximum absolute atomic E-state index is 12.9. The van der Waals surface area contributed by atoms with E-state index in [1.54, 1.807) is 29.2 Å². The highest BCUT2D eigenvalue weighted by Crippen LogP contribution is 2.29. The number of pyridine rings is 1. The Morgan fingerprint density at radius 3 is 2.84 bits per heavy atom. The van der Waals surface area contributed by atoms with Crippen molar-refractivity contribution in [3.05, 3.63) is 59.9 Å². The summed E-state index contributed by atoms with van der Waals surface area (Å²) < 4.78 is 13.0. The summed E-state index contributed by atoms with van der Waals surface area (Å²) in [6, 6.07) is 8.97. The highest BCUT2D eigenvalue weighted by molar-refractivity contribution is 6.04. The molecule has 4 aromatic rings. The van der Waals surface area contributed by atoms with Gasteiger partial charge in [0.15, 0.2) is 5.76 Å². The fourth-order valence-electron chi connectivity index (χ4n) is 3.31. The summed E-state index contributed by atoms with van der Waals surface area (Å²) in [6.07, 6.45) is 3.46. The van der Waals surface area contributed by atoms with Crippen LogP contribution in [0.2, 0.25) is 0 Å². The maximum Gasteiger partial charge on any atom is 0.291 e. The average Bonchev–Trinajstić information content (AvgIpc) is 3.48. The van der Waals surface area contributed by atoms with E-state index < -0.39 is 0 Å². The van der Waals surface area contributed by atoms with Gasteiger partial charge in [0.1, 0.15) is 11.5 Å². The van der Waals surface area contributed by atoms with Gasteiger partial charge in [-0.2, -0.15) is 10.2 Å². The van der Waals surface area contributed by atoms with Crippen LogP contribution in [0.5, 0.6) is 0 Å². The number of aryl methyl sites for hydroxylation is 2. The largest absolute Gasteiger partial charge is 0.451 e. The zero-order valence-corrected chi connectivity index (χ0v) is 17.7. The number of nitrogens with zero attached hydrogens (tertiary/aromatic N) is 4. The van der Waals surface area contributed by atoms with Gasteiger partial charge in [0, 0.05) is 24.7 Å². The maximum atomic E-state index is 12.9. The van der Waals surface area contributed by atoms with Crippen molar-refractivity contribution in [2.75, 3.05) is 18.5 Å². The van der Waals surface area contributed by atoms with E-state index in [1.807, 2.05) is 39.0 Å². The molecule has 0 unspecified atom stereocenters. The van der Waals surface area contributed by atoms with Crippen molar-refractivity contribution in [1.29, 1.82) is 0 Å². The average molecular weight is 420 g/mol. The lowest BCUT2D eigenvalue weighted by molar-refractivity contribution is 0.0997. The highest BCUT2D eigenvalue weighted by Gasteiger charge is 2.20. The molecule has 0 radical (unpaired) electrons. The van der Waals surface area contributed by atoms with Gasteiger partial charge in [0.05, 0.1) is 35.8 Å². The Labute approximate surface area is 179 Å². The number of amides is 1. The minimum absolute atomic E-state index is 0.198. The van der Waals surface area contributed by atoms with Crippen molar-refractivity contribution < 1.29 is 13.9 Å². The van der Waals surface area contributed by atoms with Crippen LogP contribution in [0, 0.1) is 13.8 Å².